The normalized spacial score (nSPS) is 15.9. The van der Waals surface area contributed by atoms with Gasteiger partial charge in [0.05, 0.1) is 22.8 Å². The highest BCUT2D eigenvalue weighted by Gasteiger charge is 2.28. The lowest BCUT2D eigenvalue weighted by Crippen LogP contribution is -2.45. The standard InChI is InChI=1S/C28H39ClF2N6O3/c1-16-26(25(17(2)32)18(3)38)34-27(22-12-21(6-7-23(22)29)40-15-20(39)13-33-4)35-28(16)37-10-8-19(9-11-37)36(5)14-24(30)31/h6-7,12,19-20,24,32-33,38-39H,8-11,13-15H2,1-5H3/b25-18+,32-17?/t20-/m1/s1. The first-order chi connectivity index (χ1) is 18.9. The molecule has 9 nitrogen and oxygen atoms in total. The van der Waals surface area contributed by atoms with Crippen molar-refractivity contribution in [3.8, 4) is 17.1 Å². The molecule has 1 fully saturated rings. The van der Waals surface area contributed by atoms with Crippen molar-refractivity contribution in [2.45, 2.75) is 52.2 Å². The zero-order valence-electron chi connectivity index (χ0n) is 23.6. The van der Waals surface area contributed by atoms with Gasteiger partial charge in [0.25, 0.3) is 6.43 Å². The summed E-state index contributed by atoms with van der Waals surface area (Å²) in [6.07, 6.45) is -1.72. The van der Waals surface area contributed by atoms with Crippen LogP contribution in [0.4, 0.5) is 14.6 Å². The number of aromatic nitrogens is 2. The van der Waals surface area contributed by atoms with Gasteiger partial charge in [-0.25, -0.2) is 18.7 Å². The van der Waals surface area contributed by atoms with Crippen molar-refractivity contribution in [3.63, 3.8) is 0 Å². The Morgan fingerprint density at radius 2 is 1.95 bits per heavy atom. The fraction of sp³-hybridized carbons (Fsp3) is 0.536. The van der Waals surface area contributed by atoms with E-state index in [1.807, 2.05) is 6.92 Å². The van der Waals surface area contributed by atoms with Crippen molar-refractivity contribution in [3.05, 3.63) is 40.2 Å². The number of rotatable bonds is 12. The summed E-state index contributed by atoms with van der Waals surface area (Å²) in [4.78, 5) is 13.4. The molecule has 1 saturated heterocycles. The van der Waals surface area contributed by atoms with Gasteiger partial charge < -0.3 is 30.6 Å². The maximum absolute atomic E-state index is 12.9. The minimum Gasteiger partial charge on any atom is -0.512 e. The summed E-state index contributed by atoms with van der Waals surface area (Å²) in [5.74, 6) is 1.35. The van der Waals surface area contributed by atoms with E-state index in [1.165, 1.54) is 6.92 Å². The number of hydrogen-bond acceptors (Lipinski definition) is 9. The first kappa shape index (κ1) is 31.7. The third kappa shape index (κ3) is 7.87. The molecule has 1 aliphatic rings. The van der Waals surface area contributed by atoms with Gasteiger partial charge in [-0.1, -0.05) is 11.6 Å². The van der Waals surface area contributed by atoms with E-state index < -0.39 is 12.5 Å². The maximum Gasteiger partial charge on any atom is 0.251 e. The van der Waals surface area contributed by atoms with Crippen LogP contribution in [-0.2, 0) is 0 Å². The molecule has 1 aromatic heterocycles. The van der Waals surface area contributed by atoms with Crippen LogP contribution >= 0.6 is 11.6 Å². The highest BCUT2D eigenvalue weighted by molar-refractivity contribution is 6.33. The van der Waals surface area contributed by atoms with Gasteiger partial charge in [-0.05, 0) is 65.9 Å². The molecule has 2 heterocycles. The fourth-order valence-electron chi connectivity index (χ4n) is 4.93. The highest BCUT2D eigenvalue weighted by atomic mass is 35.5. The maximum atomic E-state index is 12.9. The lowest BCUT2D eigenvalue weighted by atomic mass is 9.99. The lowest BCUT2D eigenvalue weighted by Gasteiger charge is -2.38. The summed E-state index contributed by atoms with van der Waals surface area (Å²) in [7, 11) is 3.46. The van der Waals surface area contributed by atoms with E-state index in [0.29, 0.717) is 77.3 Å². The molecule has 1 aromatic carbocycles. The molecule has 2 aromatic rings. The van der Waals surface area contributed by atoms with Crippen LogP contribution < -0.4 is 15.0 Å². The van der Waals surface area contributed by atoms with Crippen LogP contribution in [0, 0.1) is 12.3 Å². The molecule has 0 radical (unpaired) electrons. The van der Waals surface area contributed by atoms with Crippen molar-refractivity contribution >= 4 is 28.7 Å². The highest BCUT2D eigenvalue weighted by Crippen LogP contribution is 2.35. The molecule has 0 unspecified atom stereocenters. The van der Waals surface area contributed by atoms with Crippen LogP contribution in [0.25, 0.3) is 17.0 Å². The molecule has 0 amide bonds. The van der Waals surface area contributed by atoms with Crippen LogP contribution in [0.2, 0.25) is 5.02 Å². The Labute approximate surface area is 239 Å². The monoisotopic (exact) mass is 580 g/mol. The SMILES string of the molecule is CNC[C@@H](O)COc1ccc(Cl)c(-c2nc(/C(C(C)=N)=C(\C)O)c(C)c(N3CCC(N(C)CC(F)F)CC3)n2)c1. The number of allylic oxidation sites excluding steroid dienone is 2. The van der Waals surface area contributed by atoms with Crippen molar-refractivity contribution in [2.75, 3.05) is 51.8 Å². The third-order valence-electron chi connectivity index (χ3n) is 6.97. The van der Waals surface area contributed by atoms with Crippen molar-refractivity contribution in [1.29, 1.82) is 5.41 Å². The summed E-state index contributed by atoms with van der Waals surface area (Å²) in [5.41, 5.74) is 2.04. The number of aliphatic hydroxyl groups is 2. The number of hydrogen-bond donors (Lipinski definition) is 4. The van der Waals surface area contributed by atoms with Gasteiger partial charge in [0.1, 0.15) is 30.0 Å². The van der Waals surface area contributed by atoms with Gasteiger partial charge in [0.15, 0.2) is 5.82 Å². The zero-order valence-corrected chi connectivity index (χ0v) is 24.4. The van der Waals surface area contributed by atoms with Crippen molar-refractivity contribution < 1.29 is 23.7 Å². The molecule has 40 heavy (non-hydrogen) atoms. The van der Waals surface area contributed by atoms with E-state index >= 15 is 0 Å². The van der Waals surface area contributed by atoms with Crippen molar-refractivity contribution in [1.82, 2.24) is 20.2 Å². The van der Waals surface area contributed by atoms with E-state index in [1.54, 1.807) is 44.1 Å². The van der Waals surface area contributed by atoms with E-state index in [0.717, 1.165) is 0 Å². The number of piperidine rings is 1. The summed E-state index contributed by atoms with van der Waals surface area (Å²) in [6.45, 7) is 6.31. The summed E-state index contributed by atoms with van der Waals surface area (Å²) in [6, 6.07) is 5.09. The second-order valence-corrected chi connectivity index (χ2v) is 10.6. The fourth-order valence-corrected chi connectivity index (χ4v) is 5.14. The molecular weight excluding hydrogens is 542 g/mol. The molecule has 0 aliphatic carbocycles. The Morgan fingerprint density at radius 1 is 1.27 bits per heavy atom. The second kappa shape index (κ2) is 14.2. The Balaban J connectivity index is 2.04. The zero-order chi connectivity index (χ0) is 29.6. The Kier molecular flexibility index (Phi) is 11.2. The molecule has 3 rings (SSSR count). The Hall–Kier alpha value is -2.86. The Morgan fingerprint density at radius 3 is 2.52 bits per heavy atom. The number of alkyl halides is 2. The summed E-state index contributed by atoms with van der Waals surface area (Å²) in [5, 5.41) is 32.1. The topological polar surface area (TPSA) is 118 Å². The molecule has 1 aliphatic heterocycles. The quantitative estimate of drug-likeness (QED) is 0.213. The van der Waals surface area contributed by atoms with E-state index in [2.05, 4.69) is 10.2 Å². The number of nitrogens with one attached hydrogen (secondary N) is 2. The van der Waals surface area contributed by atoms with Crippen LogP contribution in [0.1, 0.15) is 37.9 Å². The number of likely N-dealkylation sites (N-methyl/N-ethyl adjacent to an activating group) is 1. The first-order valence-corrected chi connectivity index (χ1v) is 13.6. The number of halogens is 3. The van der Waals surface area contributed by atoms with Crippen LogP contribution in [0.15, 0.2) is 24.0 Å². The van der Waals surface area contributed by atoms with Gasteiger partial charge in [-0.2, -0.15) is 0 Å². The number of benzene rings is 1. The van der Waals surface area contributed by atoms with Gasteiger partial charge in [0.2, 0.25) is 0 Å². The molecular formula is C28H39ClF2N6O3. The van der Waals surface area contributed by atoms with Crippen molar-refractivity contribution in [2.24, 2.45) is 0 Å². The van der Waals surface area contributed by atoms with Crippen LogP contribution in [-0.4, -0.2) is 96.2 Å². The smallest absolute Gasteiger partial charge is 0.251 e. The molecule has 12 heteroatoms. The number of ether oxygens (including phenoxy) is 1. The van der Waals surface area contributed by atoms with Gasteiger partial charge in [-0.15, -0.1) is 0 Å². The molecule has 0 saturated carbocycles. The third-order valence-corrected chi connectivity index (χ3v) is 7.30. The molecule has 4 N–H and O–H groups in total. The van der Waals surface area contributed by atoms with Crippen LogP contribution in [0.3, 0.4) is 0 Å². The summed E-state index contributed by atoms with van der Waals surface area (Å²) < 4.78 is 31.6. The van der Waals surface area contributed by atoms with Gasteiger partial charge >= 0.3 is 0 Å². The molecule has 220 valence electrons. The largest absolute Gasteiger partial charge is 0.512 e. The predicted molar refractivity (Wildman–Crippen MR) is 155 cm³/mol. The number of anilines is 1. The van der Waals surface area contributed by atoms with Gasteiger partial charge in [0, 0.05) is 42.5 Å². The number of aliphatic hydroxyl groups excluding tert-OH is 2. The predicted octanol–water partition coefficient (Wildman–Crippen LogP) is 4.56. The average Bonchev–Trinajstić information content (AvgIpc) is 2.89. The Bertz CT molecular complexity index is 1220. The van der Waals surface area contributed by atoms with Crippen LogP contribution in [0.5, 0.6) is 5.75 Å². The van der Waals surface area contributed by atoms with Gasteiger partial charge in [-0.3, -0.25) is 4.90 Å². The number of nitrogens with zero attached hydrogens (tertiary/aromatic N) is 4. The van der Waals surface area contributed by atoms with E-state index in [-0.39, 0.29) is 30.7 Å². The lowest BCUT2D eigenvalue weighted by molar-refractivity contribution is 0.0743. The molecule has 1 atom stereocenters. The molecule has 0 spiro atoms. The average molecular weight is 581 g/mol. The van der Waals surface area contributed by atoms with E-state index in [9.17, 15) is 19.0 Å². The van der Waals surface area contributed by atoms with E-state index in [4.69, 9.17) is 31.7 Å². The minimum atomic E-state index is -2.38. The summed E-state index contributed by atoms with van der Waals surface area (Å²) >= 11 is 6.59. The first-order valence-electron chi connectivity index (χ1n) is 13.3. The minimum absolute atomic E-state index is 0.0341. The molecule has 0 bridgehead atoms. The second-order valence-electron chi connectivity index (χ2n) is 10.1.